The standard InChI is InChI=1S/C59H87N9O10/c1-10-38(4)52(66(7)58(75)51(37(2)3)64-57(74)53-42-24-27-44(34-42)65(53)6)47(77-8)35-50(71)67-32-18-21-46(67)54(78-9)39(5)55(72)63-45(33-40-19-14-13-15-20-40)56(73)62-43-25-22-41(23-26-43)36-61-59(76)60-30-16-11-12-17-31-68-48(69)28-29-49(68)70/h13-15,19-20,22-23,25-26,28-29,37-39,42,44-47,51-54H,10-12,16-18,21,24,27,30-36H2,1-9H3,(H,62,73)(H,63,72)(H,64,74)(H2,60,61,76). The smallest absolute Gasteiger partial charge is 0.315 e. The maximum absolute atomic E-state index is 14.6. The van der Waals surface area contributed by atoms with E-state index in [1.807, 2.05) is 65.1 Å². The summed E-state index contributed by atoms with van der Waals surface area (Å²) >= 11 is 0. The van der Waals surface area contributed by atoms with Crippen molar-refractivity contribution < 1.29 is 47.8 Å². The van der Waals surface area contributed by atoms with Crippen molar-refractivity contribution in [2.45, 2.75) is 167 Å². The topological polar surface area (TPSA) is 228 Å². The lowest BCUT2D eigenvalue weighted by molar-refractivity contribution is -0.148. The van der Waals surface area contributed by atoms with Gasteiger partial charge in [-0.1, -0.05) is 96.3 Å². The number of carbonyl (C=O) groups is 8. The molecule has 19 heteroatoms. The number of likely N-dealkylation sites (N-methyl/N-ethyl adjacent to an activating group) is 2. The number of amides is 9. The Morgan fingerprint density at radius 2 is 1.49 bits per heavy atom. The van der Waals surface area contributed by atoms with Crippen molar-refractivity contribution in [1.29, 1.82) is 0 Å². The van der Waals surface area contributed by atoms with Crippen LogP contribution in [0.5, 0.6) is 0 Å². The maximum atomic E-state index is 14.6. The summed E-state index contributed by atoms with van der Waals surface area (Å²) in [7, 11) is 6.83. The Hall–Kier alpha value is -6.18. The third-order valence-electron chi connectivity index (χ3n) is 16.7. The molecule has 11 unspecified atom stereocenters. The molecule has 2 bridgehead atoms. The van der Waals surface area contributed by atoms with E-state index in [2.05, 4.69) is 31.5 Å². The van der Waals surface area contributed by atoms with Crippen molar-refractivity contribution in [3.8, 4) is 0 Å². The quantitative estimate of drug-likeness (QED) is 0.0527. The van der Waals surface area contributed by atoms with Crippen LogP contribution < -0.4 is 26.6 Å². The summed E-state index contributed by atoms with van der Waals surface area (Å²) in [5, 5.41) is 14.8. The number of imide groups is 1. The van der Waals surface area contributed by atoms with E-state index in [1.165, 1.54) is 24.2 Å². The van der Waals surface area contributed by atoms with E-state index in [1.54, 1.807) is 55.1 Å². The number of ether oxygens (including phenoxy) is 2. The van der Waals surface area contributed by atoms with Gasteiger partial charge in [-0.15, -0.1) is 0 Å². The molecule has 11 atom stereocenters. The maximum Gasteiger partial charge on any atom is 0.315 e. The minimum atomic E-state index is -0.968. The highest BCUT2D eigenvalue weighted by atomic mass is 16.5. The number of unbranched alkanes of at least 4 members (excludes halogenated alkanes) is 3. The molecule has 6 rings (SSSR count). The van der Waals surface area contributed by atoms with Crippen LogP contribution in [0.4, 0.5) is 10.5 Å². The average Bonchev–Trinajstić information content (AvgIpc) is 4.25. The zero-order valence-electron chi connectivity index (χ0n) is 47.5. The van der Waals surface area contributed by atoms with Gasteiger partial charge in [-0.3, -0.25) is 43.4 Å². The van der Waals surface area contributed by atoms with Crippen LogP contribution in [0.1, 0.15) is 116 Å². The number of rotatable bonds is 29. The van der Waals surface area contributed by atoms with Gasteiger partial charge in [-0.2, -0.15) is 0 Å². The molecule has 1 aliphatic carbocycles. The molecule has 2 saturated heterocycles. The summed E-state index contributed by atoms with van der Waals surface area (Å²) in [4.78, 5) is 114. The molecule has 428 valence electrons. The molecule has 4 aliphatic rings. The van der Waals surface area contributed by atoms with Crippen molar-refractivity contribution >= 4 is 53.1 Å². The molecular formula is C59H87N9O10. The van der Waals surface area contributed by atoms with Gasteiger partial charge < -0.3 is 45.9 Å². The minimum absolute atomic E-state index is 0.0191. The molecule has 0 spiro atoms. The van der Waals surface area contributed by atoms with Gasteiger partial charge in [-0.25, -0.2) is 4.79 Å². The lowest BCUT2D eigenvalue weighted by Crippen LogP contribution is -2.60. The number of hydrogen-bond donors (Lipinski definition) is 5. The number of nitrogens with zero attached hydrogens (tertiary/aromatic N) is 4. The number of piperidine rings is 1. The van der Waals surface area contributed by atoms with Crippen LogP contribution in [0, 0.1) is 23.7 Å². The first-order valence-electron chi connectivity index (χ1n) is 28.3. The van der Waals surface area contributed by atoms with E-state index in [9.17, 15) is 38.4 Å². The van der Waals surface area contributed by atoms with E-state index in [4.69, 9.17) is 9.47 Å². The van der Waals surface area contributed by atoms with Crippen LogP contribution in [0.3, 0.4) is 0 Å². The Morgan fingerprint density at radius 1 is 0.795 bits per heavy atom. The normalized spacial score (nSPS) is 21.7. The summed E-state index contributed by atoms with van der Waals surface area (Å²) in [5.74, 6) is -2.64. The second kappa shape index (κ2) is 29.2. The predicted octanol–water partition coefficient (Wildman–Crippen LogP) is 5.18. The van der Waals surface area contributed by atoms with Crippen LogP contribution in [0.2, 0.25) is 0 Å². The third kappa shape index (κ3) is 15.8. The molecule has 19 nitrogen and oxygen atoms in total. The number of urea groups is 1. The number of fused-ring (bicyclic) bond motifs is 2. The van der Waals surface area contributed by atoms with Crippen molar-refractivity contribution in [3.63, 3.8) is 0 Å². The van der Waals surface area contributed by atoms with Crippen LogP contribution in [0.25, 0.3) is 0 Å². The van der Waals surface area contributed by atoms with Gasteiger partial charge in [0.1, 0.15) is 12.1 Å². The third-order valence-corrected chi connectivity index (χ3v) is 16.7. The molecule has 3 fully saturated rings. The molecular weight excluding hydrogens is 995 g/mol. The number of anilines is 1. The van der Waals surface area contributed by atoms with E-state index in [0.29, 0.717) is 57.0 Å². The summed E-state index contributed by atoms with van der Waals surface area (Å²) in [6.45, 7) is 11.3. The zero-order chi connectivity index (χ0) is 56.6. The number of methoxy groups -OCH3 is 2. The second-order valence-corrected chi connectivity index (χ2v) is 22.3. The van der Waals surface area contributed by atoms with Crippen molar-refractivity contribution in [1.82, 2.24) is 40.9 Å². The molecule has 0 aromatic heterocycles. The van der Waals surface area contributed by atoms with Gasteiger partial charge in [0.05, 0.1) is 42.7 Å². The van der Waals surface area contributed by atoms with Gasteiger partial charge in [0, 0.05) is 77.7 Å². The molecule has 3 aliphatic heterocycles. The van der Waals surface area contributed by atoms with E-state index >= 15 is 0 Å². The largest absolute Gasteiger partial charge is 0.379 e. The molecule has 9 amide bonds. The first kappa shape index (κ1) is 61.0. The molecule has 0 radical (unpaired) electrons. The number of hydrogen-bond acceptors (Lipinski definition) is 11. The number of benzene rings is 2. The first-order chi connectivity index (χ1) is 37.4. The number of likely N-dealkylation sites (tertiary alicyclic amines) is 2. The first-order valence-corrected chi connectivity index (χ1v) is 28.3. The van der Waals surface area contributed by atoms with Gasteiger partial charge in [0.15, 0.2) is 0 Å². The number of nitrogens with one attached hydrogen (secondary N) is 5. The fourth-order valence-electron chi connectivity index (χ4n) is 12.0. The van der Waals surface area contributed by atoms with Gasteiger partial charge >= 0.3 is 6.03 Å². The average molecular weight is 1080 g/mol. The lowest BCUT2D eigenvalue weighted by Gasteiger charge is -2.41. The summed E-state index contributed by atoms with van der Waals surface area (Å²) < 4.78 is 12.2. The minimum Gasteiger partial charge on any atom is -0.379 e. The van der Waals surface area contributed by atoms with Crippen molar-refractivity contribution in [3.05, 3.63) is 77.9 Å². The Bertz CT molecular complexity index is 2380. The Labute approximate surface area is 461 Å². The Balaban J connectivity index is 1.02. The molecule has 1 saturated carbocycles. The second-order valence-electron chi connectivity index (χ2n) is 22.3. The Morgan fingerprint density at radius 3 is 2.12 bits per heavy atom. The molecule has 3 heterocycles. The van der Waals surface area contributed by atoms with Crippen LogP contribution >= 0.6 is 0 Å². The van der Waals surface area contributed by atoms with Crippen LogP contribution in [-0.2, 0) is 56.0 Å². The SMILES string of the molecule is CCC(C)C(C(CC(=O)N1CCCC1C(OC)C(C)C(=O)NC(Cc1ccccc1)C(=O)Nc1ccc(CNC(=O)NCCCCCCN2C(=O)C=CC2=O)cc1)OC)N(C)C(=O)C(NC(=O)C1C2CCC(C2)N1C)C(C)C. The summed E-state index contributed by atoms with van der Waals surface area (Å²) in [5.41, 5.74) is 2.16. The van der Waals surface area contributed by atoms with Crippen molar-refractivity contribution in [2.24, 2.45) is 23.7 Å². The van der Waals surface area contributed by atoms with Crippen LogP contribution in [-0.4, -0.2) is 163 Å². The van der Waals surface area contributed by atoms with E-state index in [0.717, 1.165) is 49.7 Å². The zero-order valence-corrected chi connectivity index (χ0v) is 47.5. The van der Waals surface area contributed by atoms with Crippen LogP contribution in [0.15, 0.2) is 66.7 Å². The fraction of sp³-hybridized carbons (Fsp3) is 0.627. The lowest BCUT2D eigenvalue weighted by atomic mass is 9.89. The van der Waals surface area contributed by atoms with Crippen molar-refractivity contribution in [2.75, 3.05) is 53.3 Å². The summed E-state index contributed by atoms with van der Waals surface area (Å²) in [6.07, 6.45) is 9.61. The molecule has 78 heavy (non-hydrogen) atoms. The highest BCUT2D eigenvalue weighted by molar-refractivity contribution is 6.12. The van der Waals surface area contributed by atoms with Gasteiger partial charge in [0.2, 0.25) is 29.5 Å². The van der Waals surface area contributed by atoms with E-state index in [-0.39, 0.29) is 78.7 Å². The molecule has 2 aromatic carbocycles. The molecule has 5 N–H and O–H groups in total. The van der Waals surface area contributed by atoms with Gasteiger partial charge in [-0.05, 0) is 93.0 Å². The highest BCUT2D eigenvalue weighted by Gasteiger charge is 2.49. The van der Waals surface area contributed by atoms with Gasteiger partial charge in [0.25, 0.3) is 11.8 Å². The molecule has 2 aromatic rings. The highest BCUT2D eigenvalue weighted by Crippen LogP contribution is 2.41. The fourth-order valence-corrected chi connectivity index (χ4v) is 12.0. The van der Waals surface area contributed by atoms with E-state index < -0.39 is 54.1 Å². The predicted molar refractivity (Wildman–Crippen MR) is 297 cm³/mol. The monoisotopic (exact) mass is 1080 g/mol. The Kier molecular flexibility index (Phi) is 22.8. The summed E-state index contributed by atoms with van der Waals surface area (Å²) in [6, 6.07) is 13.6. The number of carbonyl (C=O) groups excluding carboxylic acids is 8.